The molecule has 0 unspecified atom stereocenters. The molecule has 0 aromatic carbocycles. The van der Waals surface area contributed by atoms with Crippen LogP contribution < -0.4 is 4.74 Å². The van der Waals surface area contributed by atoms with E-state index in [1.165, 1.54) is 0 Å². The average molecular weight is 400 g/mol. The van der Waals surface area contributed by atoms with E-state index >= 15 is 0 Å². The molecular formula is C20H24N4O5. The fraction of sp³-hybridized carbons (Fsp3) is 0.450. The van der Waals surface area contributed by atoms with E-state index in [0.29, 0.717) is 43.1 Å². The minimum absolute atomic E-state index is 0.0400. The van der Waals surface area contributed by atoms with E-state index in [1.54, 1.807) is 25.4 Å². The van der Waals surface area contributed by atoms with Crippen LogP contribution in [0.3, 0.4) is 0 Å². The first-order valence-electron chi connectivity index (χ1n) is 9.61. The van der Waals surface area contributed by atoms with Crippen LogP contribution in [0.5, 0.6) is 5.88 Å². The highest BCUT2D eigenvalue weighted by atomic mass is 16.5. The third-order valence-corrected chi connectivity index (χ3v) is 4.85. The number of rotatable bonds is 9. The van der Waals surface area contributed by atoms with Crippen LogP contribution in [0.2, 0.25) is 0 Å². The number of furan rings is 1. The second-order valence-corrected chi connectivity index (χ2v) is 6.83. The molecule has 1 aliphatic rings. The first-order chi connectivity index (χ1) is 14.3. The summed E-state index contributed by atoms with van der Waals surface area (Å²) in [6, 6.07) is 7.33. The van der Waals surface area contributed by atoms with Crippen molar-refractivity contribution >= 4 is 0 Å². The van der Waals surface area contributed by atoms with Crippen molar-refractivity contribution in [3.05, 3.63) is 47.9 Å². The van der Waals surface area contributed by atoms with Crippen molar-refractivity contribution < 1.29 is 23.5 Å². The van der Waals surface area contributed by atoms with E-state index in [1.807, 2.05) is 12.1 Å². The van der Waals surface area contributed by atoms with Gasteiger partial charge in [0.05, 0.1) is 19.2 Å². The lowest BCUT2D eigenvalue weighted by Gasteiger charge is -2.19. The van der Waals surface area contributed by atoms with Crippen LogP contribution in [0.1, 0.15) is 36.3 Å². The predicted molar refractivity (Wildman–Crippen MR) is 102 cm³/mol. The van der Waals surface area contributed by atoms with Gasteiger partial charge in [-0.1, -0.05) is 5.16 Å². The topological polar surface area (TPSA) is 107 Å². The second kappa shape index (κ2) is 9.17. The van der Waals surface area contributed by atoms with Crippen LogP contribution in [-0.2, 0) is 17.9 Å². The van der Waals surface area contributed by atoms with Gasteiger partial charge in [-0.25, -0.2) is 4.98 Å². The van der Waals surface area contributed by atoms with Crippen LogP contribution >= 0.6 is 0 Å². The lowest BCUT2D eigenvalue weighted by Crippen LogP contribution is -2.22. The van der Waals surface area contributed by atoms with Gasteiger partial charge in [0.25, 0.3) is 0 Å². The van der Waals surface area contributed by atoms with Crippen molar-refractivity contribution in [3.8, 4) is 17.3 Å². The Morgan fingerprint density at radius 1 is 1.24 bits per heavy atom. The van der Waals surface area contributed by atoms with Gasteiger partial charge in [0.15, 0.2) is 0 Å². The van der Waals surface area contributed by atoms with E-state index in [-0.39, 0.29) is 12.6 Å². The Kier molecular flexibility index (Phi) is 6.18. The van der Waals surface area contributed by atoms with Crippen LogP contribution in [0.4, 0.5) is 0 Å². The number of aliphatic hydroxyl groups excluding tert-OH is 1. The number of aliphatic hydroxyl groups is 1. The molecule has 3 aromatic heterocycles. The van der Waals surface area contributed by atoms with E-state index in [9.17, 15) is 5.11 Å². The number of ether oxygens (including phenoxy) is 2. The van der Waals surface area contributed by atoms with Crippen LogP contribution in [-0.4, -0.2) is 52.0 Å². The fourth-order valence-electron chi connectivity index (χ4n) is 3.43. The molecule has 1 atom stereocenters. The SMILES string of the molecule is COCCOc1cc(-c2noc([C@H]3CCCN3Cc3ccc(CO)o3)n2)ccn1. The van der Waals surface area contributed by atoms with Crippen molar-refractivity contribution in [3.63, 3.8) is 0 Å². The zero-order valence-electron chi connectivity index (χ0n) is 16.3. The molecule has 0 spiro atoms. The van der Waals surface area contributed by atoms with E-state index in [2.05, 4.69) is 20.0 Å². The van der Waals surface area contributed by atoms with Gasteiger partial charge in [-0.3, -0.25) is 4.90 Å². The molecule has 154 valence electrons. The van der Waals surface area contributed by atoms with Crippen LogP contribution in [0.15, 0.2) is 39.4 Å². The number of nitrogens with zero attached hydrogens (tertiary/aromatic N) is 4. The maximum Gasteiger partial charge on any atom is 0.244 e. The number of hydrogen-bond donors (Lipinski definition) is 1. The predicted octanol–water partition coefficient (Wildman–Crippen LogP) is 2.58. The highest BCUT2D eigenvalue weighted by Gasteiger charge is 2.31. The minimum atomic E-state index is -0.0977. The van der Waals surface area contributed by atoms with E-state index < -0.39 is 0 Å². The Balaban J connectivity index is 1.46. The normalized spacial score (nSPS) is 17.1. The Hall–Kier alpha value is -2.75. The lowest BCUT2D eigenvalue weighted by molar-refractivity contribution is 0.144. The van der Waals surface area contributed by atoms with Gasteiger partial charge >= 0.3 is 0 Å². The molecule has 1 saturated heterocycles. The van der Waals surface area contributed by atoms with Crippen molar-refractivity contribution in [2.45, 2.75) is 32.0 Å². The molecule has 3 aromatic rings. The highest BCUT2D eigenvalue weighted by molar-refractivity contribution is 5.55. The fourth-order valence-corrected chi connectivity index (χ4v) is 3.43. The van der Waals surface area contributed by atoms with Crippen molar-refractivity contribution in [1.29, 1.82) is 0 Å². The van der Waals surface area contributed by atoms with Crippen LogP contribution in [0, 0.1) is 0 Å². The summed E-state index contributed by atoms with van der Waals surface area (Å²) in [5.74, 6) is 2.96. The molecular weight excluding hydrogens is 376 g/mol. The molecule has 0 amide bonds. The maximum absolute atomic E-state index is 9.17. The van der Waals surface area contributed by atoms with E-state index in [4.69, 9.17) is 18.4 Å². The molecule has 1 N–H and O–H groups in total. The molecule has 1 fully saturated rings. The molecule has 4 rings (SSSR count). The number of pyridine rings is 1. The Morgan fingerprint density at radius 3 is 2.97 bits per heavy atom. The molecule has 9 nitrogen and oxygen atoms in total. The number of methoxy groups -OCH3 is 1. The lowest BCUT2D eigenvalue weighted by atomic mass is 10.2. The summed E-state index contributed by atoms with van der Waals surface area (Å²) in [6.07, 6.45) is 3.64. The zero-order valence-corrected chi connectivity index (χ0v) is 16.3. The van der Waals surface area contributed by atoms with Gasteiger partial charge in [0.2, 0.25) is 17.6 Å². The first kappa shape index (κ1) is 19.6. The molecule has 0 saturated carbocycles. The standard InChI is InChI=1S/C20H24N4O5/c1-26-9-10-27-18-11-14(6-7-21-18)19-22-20(29-23-19)17-3-2-8-24(17)12-15-4-5-16(13-25)28-15/h4-7,11,17,25H,2-3,8-10,12-13H2,1H3/t17-/m1/s1. The molecule has 0 radical (unpaired) electrons. The maximum atomic E-state index is 9.17. The third kappa shape index (κ3) is 4.64. The van der Waals surface area contributed by atoms with E-state index in [0.717, 1.165) is 30.7 Å². The summed E-state index contributed by atoms with van der Waals surface area (Å²) >= 11 is 0. The summed E-state index contributed by atoms with van der Waals surface area (Å²) < 4.78 is 21.7. The Morgan fingerprint density at radius 2 is 2.14 bits per heavy atom. The van der Waals surface area contributed by atoms with Gasteiger partial charge in [-0.15, -0.1) is 0 Å². The highest BCUT2D eigenvalue weighted by Crippen LogP contribution is 2.33. The Labute approximate surface area is 168 Å². The monoisotopic (exact) mass is 400 g/mol. The average Bonchev–Trinajstić information content (AvgIpc) is 3.49. The Bertz CT molecular complexity index is 925. The molecule has 1 aliphatic heterocycles. The second-order valence-electron chi connectivity index (χ2n) is 6.83. The molecule has 0 bridgehead atoms. The van der Waals surface area contributed by atoms with Gasteiger partial charge in [0, 0.05) is 24.9 Å². The van der Waals surface area contributed by atoms with Gasteiger partial charge in [-0.2, -0.15) is 4.98 Å². The summed E-state index contributed by atoms with van der Waals surface area (Å²) in [7, 11) is 1.62. The van der Waals surface area contributed by atoms with Crippen LogP contribution in [0.25, 0.3) is 11.4 Å². The number of likely N-dealkylation sites (tertiary alicyclic amines) is 1. The largest absolute Gasteiger partial charge is 0.475 e. The van der Waals surface area contributed by atoms with Crippen molar-refractivity contribution in [2.75, 3.05) is 26.9 Å². The number of aromatic nitrogens is 3. The molecule has 9 heteroatoms. The summed E-state index contributed by atoms with van der Waals surface area (Å²) in [5, 5.41) is 13.3. The van der Waals surface area contributed by atoms with Crippen molar-refractivity contribution in [1.82, 2.24) is 20.0 Å². The number of hydrogen-bond acceptors (Lipinski definition) is 9. The van der Waals surface area contributed by atoms with Gasteiger partial charge in [0.1, 0.15) is 24.7 Å². The van der Waals surface area contributed by atoms with Gasteiger partial charge in [-0.05, 0) is 37.6 Å². The quantitative estimate of drug-likeness (QED) is 0.542. The minimum Gasteiger partial charge on any atom is -0.475 e. The molecule has 29 heavy (non-hydrogen) atoms. The smallest absolute Gasteiger partial charge is 0.244 e. The summed E-state index contributed by atoms with van der Waals surface area (Å²) in [5.41, 5.74) is 0.783. The first-order valence-corrected chi connectivity index (χ1v) is 9.61. The van der Waals surface area contributed by atoms with Gasteiger partial charge < -0.3 is 23.5 Å². The summed E-state index contributed by atoms with van der Waals surface area (Å²) in [4.78, 5) is 11.1. The molecule has 4 heterocycles. The van der Waals surface area contributed by atoms with Crippen molar-refractivity contribution in [2.24, 2.45) is 0 Å². The third-order valence-electron chi connectivity index (χ3n) is 4.85. The zero-order chi connectivity index (χ0) is 20.1. The molecule has 0 aliphatic carbocycles. The summed E-state index contributed by atoms with van der Waals surface area (Å²) in [6.45, 7) is 2.37.